The Balaban J connectivity index is 0.00000752. The maximum absolute atomic E-state index is 5.27. The Bertz CT molecular complexity index is 4130. The van der Waals surface area contributed by atoms with E-state index in [1.165, 1.54) is 44.5 Å². The molecule has 5 heteroatoms. The van der Waals surface area contributed by atoms with E-state index in [1.54, 1.807) is 0 Å². The van der Waals surface area contributed by atoms with E-state index in [4.69, 9.17) is 4.98 Å². The average molecular weight is 1290 g/mol. The van der Waals surface area contributed by atoms with Crippen molar-refractivity contribution in [2.75, 3.05) is 9.80 Å². The van der Waals surface area contributed by atoms with Crippen LogP contribution in [0.1, 0.15) is 153 Å². The van der Waals surface area contributed by atoms with Crippen LogP contribution in [0.4, 0.5) is 22.7 Å². The molecule has 11 aromatic rings. The van der Waals surface area contributed by atoms with Crippen molar-refractivity contribution in [2.45, 2.75) is 129 Å². The summed E-state index contributed by atoms with van der Waals surface area (Å²) in [6, 6.07) is 87.1. The molecule has 0 bridgehead atoms. The van der Waals surface area contributed by atoms with E-state index in [0.29, 0.717) is 0 Å². The third kappa shape index (κ3) is 10.8. The third-order valence-corrected chi connectivity index (χ3v) is 17.7. The SMILES string of the molecule is CC(C)(C)c1cc(-c2ccc3c(c2)c2ccc(C(c4[c-]c(N5[CH-]N(c6cc(C(C)(C)C)cc(C(C)(C)C)c6)c6ccccc65)ccc4)(c4ccccc4)c4ccccc4)[c-]c2n3-c2cc(C(C)(C)c3ccccc3)ccn2)cc(C(C)(C)C)c1.[Pt]. The van der Waals surface area contributed by atoms with E-state index in [2.05, 4.69) is 342 Å². The standard InChI is InChI=1S/C80H79N4.Pt/c1-75(2,3)62-43-55(44-63(46-62)76(4,5)6)54-37-40-70-69(45-54)68-39-38-61(51-73(68)84(70)74-52-59(41-42-81-74)79(13,14)56-27-18-15-19-28-56)80(57-29-20-16-21-30-57,58-31-22-17-23-32-58)60-33-26-34-66(48-60)82-53-83(72-36-25-24-35-71(72)82)67-49-64(77(7,8)9)47-65(50-67)78(10,11)12;/h15-47,49-50,52-53H,1-14H3;/q-3;. The van der Waals surface area contributed by atoms with Crippen LogP contribution >= 0.6 is 0 Å². The van der Waals surface area contributed by atoms with Crippen molar-refractivity contribution < 1.29 is 21.1 Å². The number of fused-ring (bicyclic) bond motifs is 4. The van der Waals surface area contributed by atoms with Crippen molar-refractivity contribution in [1.82, 2.24) is 9.55 Å². The van der Waals surface area contributed by atoms with Gasteiger partial charge in [0, 0.05) is 60.7 Å². The van der Waals surface area contributed by atoms with Crippen LogP contribution in [0.5, 0.6) is 0 Å². The Kier molecular flexibility index (Phi) is 15.2. The molecule has 12 rings (SSSR count). The summed E-state index contributed by atoms with van der Waals surface area (Å²) in [5.41, 5.74) is 19.3. The molecule has 0 spiro atoms. The number of anilines is 4. The van der Waals surface area contributed by atoms with E-state index >= 15 is 0 Å². The molecule has 4 nitrogen and oxygen atoms in total. The summed E-state index contributed by atoms with van der Waals surface area (Å²) >= 11 is 0. The van der Waals surface area contributed by atoms with Crippen LogP contribution in [-0.2, 0) is 53.6 Å². The fourth-order valence-corrected chi connectivity index (χ4v) is 12.4. The van der Waals surface area contributed by atoms with E-state index in [1.807, 2.05) is 6.20 Å². The second-order valence-electron chi connectivity index (χ2n) is 27.9. The van der Waals surface area contributed by atoms with Gasteiger partial charge in [-0.15, -0.1) is 28.9 Å². The molecule has 0 amide bonds. The molecule has 1 aliphatic heterocycles. The number of aromatic nitrogens is 2. The molecule has 0 atom stereocenters. The number of hydrogen-bond donors (Lipinski definition) is 0. The third-order valence-electron chi connectivity index (χ3n) is 17.7. The van der Waals surface area contributed by atoms with E-state index in [9.17, 15) is 0 Å². The van der Waals surface area contributed by atoms with Crippen LogP contribution in [0, 0.1) is 18.8 Å². The summed E-state index contributed by atoms with van der Waals surface area (Å²) in [5, 5.41) is 2.25. The first-order valence-corrected chi connectivity index (χ1v) is 29.9. The second kappa shape index (κ2) is 21.9. The summed E-state index contributed by atoms with van der Waals surface area (Å²) in [7, 11) is 0. The zero-order valence-electron chi connectivity index (χ0n) is 52.0. The van der Waals surface area contributed by atoms with Crippen LogP contribution in [0.15, 0.2) is 219 Å². The molecule has 0 saturated heterocycles. The maximum atomic E-state index is 5.27. The summed E-state index contributed by atoms with van der Waals surface area (Å²) in [6.45, 7) is 34.6. The minimum absolute atomic E-state index is 0. The van der Waals surface area contributed by atoms with Crippen molar-refractivity contribution in [1.29, 1.82) is 0 Å². The van der Waals surface area contributed by atoms with Crippen LogP contribution in [-0.4, -0.2) is 9.55 Å². The van der Waals surface area contributed by atoms with Crippen molar-refractivity contribution >= 4 is 44.6 Å². The van der Waals surface area contributed by atoms with Gasteiger partial charge in [-0.1, -0.05) is 242 Å². The van der Waals surface area contributed by atoms with E-state index in [-0.39, 0.29) is 48.1 Å². The fourth-order valence-electron chi connectivity index (χ4n) is 12.4. The molecule has 1 aliphatic rings. The monoisotopic (exact) mass is 1290 g/mol. The van der Waals surface area contributed by atoms with Gasteiger partial charge in [-0.2, -0.15) is 42.5 Å². The maximum Gasteiger partial charge on any atom is 0.135 e. The van der Waals surface area contributed by atoms with Crippen molar-refractivity contribution in [2.24, 2.45) is 0 Å². The predicted octanol–water partition coefficient (Wildman–Crippen LogP) is 20.8. The van der Waals surface area contributed by atoms with Crippen molar-refractivity contribution in [3.8, 4) is 16.9 Å². The van der Waals surface area contributed by atoms with Crippen LogP contribution < -0.4 is 9.80 Å². The summed E-state index contributed by atoms with van der Waals surface area (Å²) < 4.78 is 2.36. The second-order valence-corrected chi connectivity index (χ2v) is 27.9. The smallest absolute Gasteiger partial charge is 0.135 e. The number of benzene rings is 9. The first-order valence-electron chi connectivity index (χ1n) is 29.9. The predicted molar refractivity (Wildman–Crippen MR) is 355 cm³/mol. The topological polar surface area (TPSA) is 24.3 Å². The zero-order valence-corrected chi connectivity index (χ0v) is 54.2. The Morgan fingerprint density at radius 1 is 0.376 bits per heavy atom. The molecule has 0 radical (unpaired) electrons. The number of para-hydroxylation sites is 2. The largest absolute Gasteiger partial charge is 0.493 e. The van der Waals surface area contributed by atoms with Crippen molar-refractivity contribution in [3.63, 3.8) is 0 Å². The van der Waals surface area contributed by atoms with Crippen molar-refractivity contribution in [3.05, 3.63) is 293 Å². The van der Waals surface area contributed by atoms with Gasteiger partial charge < -0.3 is 14.4 Å². The molecule has 9 aromatic carbocycles. The number of rotatable bonds is 10. The Morgan fingerprint density at radius 2 is 0.882 bits per heavy atom. The van der Waals surface area contributed by atoms with Gasteiger partial charge in [0.1, 0.15) is 5.82 Å². The molecule has 0 fully saturated rings. The normalized spacial score (nSPS) is 13.3. The fraction of sp³-hybridized carbons (Fsp3) is 0.250. The zero-order chi connectivity index (χ0) is 59.1. The Hall–Kier alpha value is -7.78. The number of pyridine rings is 1. The van der Waals surface area contributed by atoms with Gasteiger partial charge in [0.25, 0.3) is 0 Å². The van der Waals surface area contributed by atoms with Crippen LogP contribution in [0.25, 0.3) is 38.8 Å². The molecule has 2 aromatic heterocycles. The van der Waals surface area contributed by atoms with E-state index < -0.39 is 5.41 Å². The minimum atomic E-state index is -0.887. The number of hydrogen-bond acceptors (Lipinski definition) is 3. The summed E-state index contributed by atoms with van der Waals surface area (Å²) in [5.74, 6) is 0.844. The molecular weight excluding hydrogens is 1210 g/mol. The Morgan fingerprint density at radius 3 is 1.44 bits per heavy atom. The summed E-state index contributed by atoms with van der Waals surface area (Å²) in [6.07, 6.45) is 1.98. The molecule has 0 N–H and O–H groups in total. The van der Waals surface area contributed by atoms with Gasteiger partial charge in [0.05, 0.1) is 0 Å². The molecule has 0 aliphatic carbocycles. The van der Waals surface area contributed by atoms with Gasteiger partial charge in [0.15, 0.2) is 0 Å². The van der Waals surface area contributed by atoms with Crippen LogP contribution in [0.2, 0.25) is 0 Å². The molecule has 0 unspecified atom stereocenters. The van der Waals surface area contributed by atoms with E-state index in [0.717, 1.165) is 72.6 Å². The average Bonchev–Trinajstić information content (AvgIpc) is 1.87. The first-order chi connectivity index (χ1) is 39.9. The minimum Gasteiger partial charge on any atom is -0.493 e. The van der Waals surface area contributed by atoms with Gasteiger partial charge in [-0.25, -0.2) is 4.98 Å². The molecule has 432 valence electrons. The number of nitrogens with zero attached hydrogens (tertiary/aromatic N) is 4. The molecule has 85 heavy (non-hydrogen) atoms. The Labute approximate surface area is 520 Å². The van der Waals surface area contributed by atoms with Gasteiger partial charge in [0.2, 0.25) is 0 Å². The molecular formula is C80H79N4Pt-3. The van der Waals surface area contributed by atoms with Gasteiger partial charge >= 0.3 is 0 Å². The molecule has 3 heterocycles. The summed E-state index contributed by atoms with van der Waals surface area (Å²) in [4.78, 5) is 9.96. The first kappa shape index (κ1) is 59.0. The van der Waals surface area contributed by atoms with Gasteiger partial charge in [-0.3, -0.25) is 0 Å². The van der Waals surface area contributed by atoms with Crippen LogP contribution in [0.3, 0.4) is 0 Å². The molecule has 0 saturated carbocycles. The quantitative estimate of drug-likeness (QED) is 0.101. The van der Waals surface area contributed by atoms with Gasteiger partial charge in [-0.05, 0) is 125 Å².